The highest BCUT2D eigenvalue weighted by Gasteiger charge is 2.43. The van der Waals surface area contributed by atoms with Crippen molar-refractivity contribution < 1.29 is 19.0 Å². The number of aliphatic hydroxyl groups excluding tert-OH is 1. The van der Waals surface area contributed by atoms with Crippen LogP contribution in [-0.2, 0) is 9.47 Å². The van der Waals surface area contributed by atoms with Crippen molar-refractivity contribution in [3.8, 4) is 22.6 Å². The smallest absolute Gasteiger partial charge is 0.223 e. The molecule has 2 bridgehead atoms. The fourth-order valence-electron chi connectivity index (χ4n) is 4.72. The molecule has 2 aliphatic rings. The van der Waals surface area contributed by atoms with E-state index in [4.69, 9.17) is 21.1 Å². The van der Waals surface area contributed by atoms with Crippen LogP contribution in [0.4, 0.5) is 10.3 Å². The topological polar surface area (TPSA) is 123 Å². The Kier molecular flexibility index (Phi) is 5.44. The van der Waals surface area contributed by atoms with Crippen LogP contribution < -0.4 is 5.32 Å². The average molecular weight is 500 g/mol. The molecule has 4 aromatic rings. The first-order valence-electron chi connectivity index (χ1n) is 11.3. The monoisotopic (exact) mass is 499 g/mol. The van der Waals surface area contributed by atoms with Crippen LogP contribution in [0.25, 0.3) is 33.7 Å². The fourth-order valence-corrected chi connectivity index (χ4v) is 4.92. The van der Waals surface area contributed by atoms with Crippen molar-refractivity contribution in [1.82, 2.24) is 29.7 Å². The Hall–Kier alpha value is -3.12. The molecule has 182 valence electrons. The van der Waals surface area contributed by atoms with Crippen molar-refractivity contribution in [2.45, 2.75) is 50.8 Å². The summed E-state index contributed by atoms with van der Waals surface area (Å²) in [5, 5.41) is 20.7. The van der Waals surface area contributed by atoms with E-state index < -0.39 is 18.2 Å². The lowest BCUT2D eigenvalue weighted by atomic mass is 10.0. The van der Waals surface area contributed by atoms with E-state index in [-0.39, 0.29) is 34.7 Å². The summed E-state index contributed by atoms with van der Waals surface area (Å²) in [6.07, 6.45) is 3.75. The lowest BCUT2D eigenvalue weighted by molar-refractivity contribution is -0.156. The SMILES string of the molecule is CC(C)n1c(-c2cn[nH]c2)nc2c(F)cc(-c3nc(N[C@@H]4C[C@H]5CO[C@H](O5)[C@H]4O)ncc3Cl)cc21. The van der Waals surface area contributed by atoms with Gasteiger partial charge in [-0.1, -0.05) is 11.6 Å². The number of ether oxygens (including phenoxy) is 2. The summed E-state index contributed by atoms with van der Waals surface area (Å²) in [5.74, 6) is 0.396. The Morgan fingerprint density at radius 3 is 2.89 bits per heavy atom. The first-order valence-corrected chi connectivity index (χ1v) is 11.7. The second-order valence-corrected chi connectivity index (χ2v) is 9.45. The van der Waals surface area contributed by atoms with E-state index in [0.717, 1.165) is 5.56 Å². The van der Waals surface area contributed by atoms with Crippen molar-refractivity contribution in [1.29, 1.82) is 0 Å². The summed E-state index contributed by atoms with van der Waals surface area (Å²) in [5.41, 5.74) is 2.48. The Bertz CT molecular complexity index is 1390. The van der Waals surface area contributed by atoms with Gasteiger partial charge in [0.2, 0.25) is 5.95 Å². The van der Waals surface area contributed by atoms with E-state index in [1.54, 1.807) is 12.4 Å². The van der Waals surface area contributed by atoms with Crippen LogP contribution in [0.5, 0.6) is 0 Å². The molecule has 0 aliphatic carbocycles. The van der Waals surface area contributed by atoms with E-state index in [2.05, 4.69) is 30.5 Å². The molecule has 0 amide bonds. The number of hydrogen-bond donors (Lipinski definition) is 3. The molecule has 2 fully saturated rings. The van der Waals surface area contributed by atoms with Crippen molar-refractivity contribution in [3.63, 3.8) is 0 Å². The third kappa shape index (κ3) is 3.84. The molecule has 0 radical (unpaired) electrons. The number of aromatic nitrogens is 6. The van der Waals surface area contributed by atoms with Gasteiger partial charge in [0.25, 0.3) is 0 Å². The van der Waals surface area contributed by atoms with Gasteiger partial charge in [-0.3, -0.25) is 5.10 Å². The third-order valence-corrected chi connectivity index (χ3v) is 6.61. The first kappa shape index (κ1) is 22.4. The number of anilines is 1. The number of aliphatic hydroxyl groups is 1. The van der Waals surface area contributed by atoms with Crippen LogP contribution in [-0.4, -0.2) is 66.0 Å². The second-order valence-electron chi connectivity index (χ2n) is 9.04. The normalized spacial score (nSPS) is 23.9. The van der Waals surface area contributed by atoms with E-state index in [9.17, 15) is 5.11 Å². The third-order valence-electron chi connectivity index (χ3n) is 6.33. The van der Waals surface area contributed by atoms with Gasteiger partial charge >= 0.3 is 0 Å². The van der Waals surface area contributed by atoms with E-state index in [1.807, 2.05) is 24.5 Å². The summed E-state index contributed by atoms with van der Waals surface area (Å²) < 4.78 is 28.3. The molecule has 0 spiro atoms. The van der Waals surface area contributed by atoms with Gasteiger partial charge in [-0.05, 0) is 32.4 Å². The van der Waals surface area contributed by atoms with Crippen LogP contribution >= 0.6 is 11.6 Å². The van der Waals surface area contributed by atoms with Crippen LogP contribution in [0.15, 0.2) is 30.7 Å². The zero-order chi connectivity index (χ0) is 24.3. The van der Waals surface area contributed by atoms with Gasteiger partial charge < -0.3 is 24.5 Å². The maximum atomic E-state index is 15.3. The number of nitrogens with one attached hydrogen (secondary N) is 2. The standard InChI is InChI=1S/C23H23ClFN7O3/c1-10(2)32-17-4-11(3-15(25)19(17)30-21(32)12-6-27-28-7-12)18-14(24)8-26-23(31-18)29-16-5-13-9-34-22(35-13)20(16)33/h3-4,6-8,10,13,16,20,22,33H,5,9H2,1-2H3,(H,27,28)(H,26,29,31)/t13-,16+,20-,22+/m0/s1. The van der Waals surface area contributed by atoms with Gasteiger partial charge in [0.1, 0.15) is 17.4 Å². The zero-order valence-electron chi connectivity index (χ0n) is 18.9. The molecule has 0 unspecified atom stereocenters. The molecule has 6 rings (SSSR count). The molecule has 5 heterocycles. The van der Waals surface area contributed by atoms with Crippen molar-refractivity contribution >= 4 is 28.6 Å². The molecule has 12 heteroatoms. The van der Waals surface area contributed by atoms with Gasteiger partial charge in [0.15, 0.2) is 12.1 Å². The summed E-state index contributed by atoms with van der Waals surface area (Å²) in [6.45, 7) is 4.45. The molecule has 3 N–H and O–H groups in total. The Labute approximate surface area is 204 Å². The average Bonchev–Trinajstić information content (AvgIpc) is 3.57. The highest BCUT2D eigenvalue weighted by molar-refractivity contribution is 6.33. The molecular formula is C23H23ClFN7O3. The molecule has 1 aromatic carbocycles. The maximum absolute atomic E-state index is 15.3. The number of fused-ring (bicyclic) bond motifs is 3. The molecule has 3 aromatic heterocycles. The summed E-state index contributed by atoms with van der Waals surface area (Å²) in [4.78, 5) is 13.4. The lowest BCUT2D eigenvalue weighted by Gasteiger charge is -2.32. The summed E-state index contributed by atoms with van der Waals surface area (Å²) in [7, 11) is 0. The maximum Gasteiger partial charge on any atom is 0.223 e. The minimum Gasteiger partial charge on any atom is -0.386 e. The van der Waals surface area contributed by atoms with E-state index in [0.29, 0.717) is 35.6 Å². The number of nitrogens with zero attached hydrogens (tertiary/aromatic N) is 5. The molecule has 10 nitrogen and oxygen atoms in total. The lowest BCUT2D eigenvalue weighted by Crippen LogP contribution is -2.48. The van der Waals surface area contributed by atoms with Crippen LogP contribution in [0.2, 0.25) is 5.02 Å². The number of rotatable bonds is 5. The molecule has 2 aliphatic heterocycles. The van der Waals surface area contributed by atoms with Crippen molar-refractivity contribution in [3.05, 3.63) is 41.6 Å². The minimum atomic E-state index is -0.869. The minimum absolute atomic E-state index is 0.00486. The quantitative estimate of drug-likeness (QED) is 0.381. The number of H-pyrrole nitrogens is 1. The molecule has 0 saturated carbocycles. The first-order chi connectivity index (χ1) is 16.9. The highest BCUT2D eigenvalue weighted by atomic mass is 35.5. The molecule has 35 heavy (non-hydrogen) atoms. The number of aromatic amines is 1. The Morgan fingerprint density at radius 1 is 1.26 bits per heavy atom. The number of benzene rings is 1. The Morgan fingerprint density at radius 2 is 2.11 bits per heavy atom. The van der Waals surface area contributed by atoms with Crippen LogP contribution in [0.3, 0.4) is 0 Å². The number of hydrogen-bond acceptors (Lipinski definition) is 8. The second kappa shape index (κ2) is 8.52. The van der Waals surface area contributed by atoms with Gasteiger partial charge in [0, 0.05) is 17.8 Å². The molecular weight excluding hydrogens is 477 g/mol. The predicted octanol–water partition coefficient (Wildman–Crippen LogP) is 3.54. The van der Waals surface area contributed by atoms with Crippen molar-refractivity contribution in [2.75, 3.05) is 11.9 Å². The van der Waals surface area contributed by atoms with E-state index in [1.165, 1.54) is 12.3 Å². The van der Waals surface area contributed by atoms with Gasteiger partial charge in [-0.25, -0.2) is 19.3 Å². The predicted molar refractivity (Wildman–Crippen MR) is 126 cm³/mol. The molecule has 4 atom stereocenters. The highest BCUT2D eigenvalue weighted by Crippen LogP contribution is 2.35. The number of imidazole rings is 1. The van der Waals surface area contributed by atoms with Crippen LogP contribution in [0, 0.1) is 5.82 Å². The largest absolute Gasteiger partial charge is 0.386 e. The van der Waals surface area contributed by atoms with Gasteiger partial charge in [-0.2, -0.15) is 5.10 Å². The fraction of sp³-hybridized carbons (Fsp3) is 0.391. The summed E-state index contributed by atoms with van der Waals surface area (Å²) >= 11 is 6.45. The van der Waals surface area contributed by atoms with Gasteiger partial charge in [0.05, 0.1) is 52.9 Å². The Balaban J connectivity index is 1.40. The molecule has 2 saturated heterocycles. The van der Waals surface area contributed by atoms with Gasteiger partial charge in [-0.15, -0.1) is 0 Å². The van der Waals surface area contributed by atoms with E-state index >= 15 is 4.39 Å². The zero-order valence-corrected chi connectivity index (χ0v) is 19.7. The van der Waals surface area contributed by atoms with Crippen molar-refractivity contribution in [2.24, 2.45) is 0 Å². The summed E-state index contributed by atoms with van der Waals surface area (Å²) in [6, 6.07) is 2.85. The van der Waals surface area contributed by atoms with Crippen LogP contribution in [0.1, 0.15) is 26.3 Å². The number of halogens is 2.